The van der Waals surface area contributed by atoms with Crippen LogP contribution in [0.1, 0.15) is 31.2 Å². The van der Waals surface area contributed by atoms with Crippen LogP contribution in [0.4, 0.5) is 0 Å². The van der Waals surface area contributed by atoms with Gasteiger partial charge in [0.2, 0.25) is 5.91 Å². The van der Waals surface area contributed by atoms with E-state index >= 15 is 0 Å². The first-order valence-corrected chi connectivity index (χ1v) is 5.76. The minimum Gasteiger partial charge on any atom is -0.472 e. The van der Waals surface area contributed by atoms with Crippen molar-refractivity contribution in [2.45, 2.75) is 38.3 Å². The van der Waals surface area contributed by atoms with E-state index in [1.807, 2.05) is 6.07 Å². The van der Waals surface area contributed by atoms with Crippen LogP contribution in [0.2, 0.25) is 0 Å². The smallest absolute Gasteiger partial charge is 0.224 e. The van der Waals surface area contributed by atoms with E-state index in [0.717, 1.165) is 24.8 Å². The Labute approximate surface area is 94.9 Å². The van der Waals surface area contributed by atoms with E-state index in [1.165, 1.54) is 0 Å². The molecule has 1 aliphatic heterocycles. The highest BCUT2D eigenvalue weighted by atomic mass is 16.3. The minimum absolute atomic E-state index is 0.0749. The number of likely N-dealkylation sites (tertiary alicyclic amines) is 1. The number of hydrogen-bond donors (Lipinski definition) is 1. The third-order valence-electron chi connectivity index (χ3n) is 2.98. The van der Waals surface area contributed by atoms with Crippen LogP contribution in [0.5, 0.6) is 0 Å². The molecule has 4 nitrogen and oxygen atoms in total. The second-order valence-corrected chi connectivity index (χ2v) is 4.20. The van der Waals surface area contributed by atoms with Gasteiger partial charge in [-0.25, -0.2) is 0 Å². The van der Waals surface area contributed by atoms with Gasteiger partial charge >= 0.3 is 0 Å². The van der Waals surface area contributed by atoms with Crippen LogP contribution in [0.25, 0.3) is 0 Å². The maximum Gasteiger partial charge on any atom is 0.224 e. The first-order valence-electron chi connectivity index (χ1n) is 5.76. The van der Waals surface area contributed by atoms with Gasteiger partial charge in [0.25, 0.3) is 0 Å². The summed E-state index contributed by atoms with van der Waals surface area (Å²) in [5.41, 5.74) is 1.14. The molecule has 1 amide bonds. The van der Waals surface area contributed by atoms with Crippen LogP contribution >= 0.6 is 0 Å². The highest BCUT2D eigenvalue weighted by Crippen LogP contribution is 2.17. The van der Waals surface area contributed by atoms with Crippen molar-refractivity contribution in [2.24, 2.45) is 0 Å². The van der Waals surface area contributed by atoms with Crippen LogP contribution in [0, 0.1) is 0 Å². The van der Waals surface area contributed by atoms with Crippen LogP contribution in [-0.2, 0) is 11.2 Å². The topological polar surface area (TPSA) is 53.7 Å². The second kappa shape index (κ2) is 5.16. The molecule has 1 N–H and O–H groups in total. The molecule has 2 heterocycles. The fraction of sp³-hybridized carbons (Fsp3) is 0.583. The molecule has 1 aliphatic rings. The number of carbonyl (C=O) groups excluding carboxylic acids is 1. The Kier molecular flexibility index (Phi) is 3.62. The fourth-order valence-electron chi connectivity index (χ4n) is 2.06. The molecule has 4 heteroatoms. The molecule has 88 valence electrons. The van der Waals surface area contributed by atoms with Gasteiger partial charge in [0.1, 0.15) is 6.23 Å². The number of carbonyl (C=O) groups is 1. The molecule has 1 saturated heterocycles. The molecule has 0 aliphatic carbocycles. The molecular weight excluding hydrogens is 206 g/mol. The molecule has 0 bridgehead atoms. The molecule has 2 rings (SSSR count). The van der Waals surface area contributed by atoms with Crippen LogP contribution in [-0.4, -0.2) is 28.7 Å². The molecule has 1 unspecified atom stereocenters. The number of aliphatic hydroxyl groups is 1. The average molecular weight is 223 g/mol. The van der Waals surface area contributed by atoms with E-state index < -0.39 is 6.23 Å². The number of furan rings is 1. The van der Waals surface area contributed by atoms with E-state index in [2.05, 4.69) is 0 Å². The largest absolute Gasteiger partial charge is 0.472 e. The van der Waals surface area contributed by atoms with E-state index in [1.54, 1.807) is 17.4 Å². The highest BCUT2D eigenvalue weighted by Gasteiger charge is 2.25. The maximum absolute atomic E-state index is 11.5. The normalized spacial score (nSPS) is 21.4. The summed E-state index contributed by atoms with van der Waals surface area (Å²) >= 11 is 0. The van der Waals surface area contributed by atoms with Gasteiger partial charge in [0.15, 0.2) is 0 Å². The summed E-state index contributed by atoms with van der Waals surface area (Å²) in [6, 6.07) is 1.93. The lowest BCUT2D eigenvalue weighted by atomic mass is 10.1. The van der Waals surface area contributed by atoms with E-state index in [-0.39, 0.29) is 5.91 Å². The predicted octanol–water partition coefficient (Wildman–Crippen LogP) is 1.54. The van der Waals surface area contributed by atoms with E-state index in [9.17, 15) is 9.90 Å². The van der Waals surface area contributed by atoms with Crippen LogP contribution in [0.15, 0.2) is 23.0 Å². The standard InChI is InChI=1S/C12H17NO3/c14-11-4-1-5-12(15)13(11)7-2-3-10-6-8-16-9-10/h6,8-9,11,14H,1-5,7H2. The van der Waals surface area contributed by atoms with Gasteiger partial charge in [-0.15, -0.1) is 0 Å². The molecule has 16 heavy (non-hydrogen) atoms. The maximum atomic E-state index is 11.5. The van der Waals surface area contributed by atoms with Crippen molar-refractivity contribution in [1.82, 2.24) is 4.90 Å². The number of piperidine rings is 1. The Morgan fingerprint density at radius 3 is 3.12 bits per heavy atom. The monoisotopic (exact) mass is 223 g/mol. The average Bonchev–Trinajstić information content (AvgIpc) is 2.75. The van der Waals surface area contributed by atoms with Crippen molar-refractivity contribution in [3.63, 3.8) is 0 Å². The Hall–Kier alpha value is -1.29. The van der Waals surface area contributed by atoms with Gasteiger partial charge in [-0.1, -0.05) is 0 Å². The van der Waals surface area contributed by atoms with E-state index in [4.69, 9.17) is 4.42 Å². The zero-order chi connectivity index (χ0) is 11.4. The van der Waals surface area contributed by atoms with Gasteiger partial charge in [0, 0.05) is 13.0 Å². The number of aryl methyl sites for hydroxylation is 1. The van der Waals surface area contributed by atoms with Crippen molar-refractivity contribution < 1.29 is 14.3 Å². The fourth-order valence-corrected chi connectivity index (χ4v) is 2.06. The third kappa shape index (κ3) is 2.64. The lowest BCUT2D eigenvalue weighted by Gasteiger charge is -2.31. The van der Waals surface area contributed by atoms with Crippen LogP contribution < -0.4 is 0 Å². The van der Waals surface area contributed by atoms with Crippen molar-refractivity contribution in [1.29, 1.82) is 0 Å². The number of rotatable bonds is 4. The summed E-state index contributed by atoms with van der Waals surface area (Å²) in [6.07, 6.45) is 6.61. The zero-order valence-electron chi connectivity index (χ0n) is 9.26. The van der Waals surface area contributed by atoms with Gasteiger partial charge in [0.05, 0.1) is 12.5 Å². The lowest BCUT2D eigenvalue weighted by Crippen LogP contribution is -2.44. The molecule has 0 aromatic carbocycles. The van der Waals surface area contributed by atoms with Crippen molar-refractivity contribution in [3.8, 4) is 0 Å². The van der Waals surface area contributed by atoms with Gasteiger partial charge in [-0.2, -0.15) is 0 Å². The Morgan fingerprint density at radius 1 is 1.56 bits per heavy atom. The first-order chi connectivity index (χ1) is 7.77. The Morgan fingerprint density at radius 2 is 2.44 bits per heavy atom. The number of nitrogens with zero attached hydrogens (tertiary/aromatic N) is 1. The molecule has 1 fully saturated rings. The summed E-state index contributed by atoms with van der Waals surface area (Å²) in [7, 11) is 0. The number of aliphatic hydroxyl groups excluding tert-OH is 1. The second-order valence-electron chi connectivity index (χ2n) is 4.20. The first kappa shape index (κ1) is 11.2. The van der Waals surface area contributed by atoms with Gasteiger partial charge in [-0.05, 0) is 37.3 Å². The summed E-state index contributed by atoms with van der Waals surface area (Å²) in [5, 5.41) is 9.68. The summed E-state index contributed by atoms with van der Waals surface area (Å²) in [5.74, 6) is 0.0749. The van der Waals surface area contributed by atoms with Crippen molar-refractivity contribution >= 4 is 5.91 Å². The molecule has 0 radical (unpaired) electrons. The third-order valence-corrected chi connectivity index (χ3v) is 2.98. The molecule has 1 atom stereocenters. The molecular formula is C12H17NO3. The minimum atomic E-state index is -0.578. The Bertz CT molecular complexity index is 334. The molecule has 0 saturated carbocycles. The van der Waals surface area contributed by atoms with Gasteiger partial charge in [-0.3, -0.25) is 4.79 Å². The summed E-state index contributed by atoms with van der Waals surface area (Å²) in [4.78, 5) is 13.1. The van der Waals surface area contributed by atoms with Gasteiger partial charge < -0.3 is 14.4 Å². The van der Waals surface area contributed by atoms with E-state index in [0.29, 0.717) is 19.4 Å². The molecule has 0 spiro atoms. The number of hydrogen-bond acceptors (Lipinski definition) is 3. The summed E-state index contributed by atoms with van der Waals surface area (Å²) < 4.78 is 4.97. The van der Waals surface area contributed by atoms with Crippen molar-refractivity contribution in [2.75, 3.05) is 6.54 Å². The Balaban J connectivity index is 1.78. The van der Waals surface area contributed by atoms with Crippen LogP contribution in [0.3, 0.4) is 0 Å². The number of amides is 1. The SMILES string of the molecule is O=C1CCCC(O)N1CCCc1ccoc1. The zero-order valence-corrected chi connectivity index (χ0v) is 9.26. The lowest BCUT2D eigenvalue weighted by molar-refractivity contribution is -0.146. The predicted molar refractivity (Wildman–Crippen MR) is 58.6 cm³/mol. The van der Waals surface area contributed by atoms with Crippen molar-refractivity contribution in [3.05, 3.63) is 24.2 Å². The summed E-state index contributed by atoms with van der Waals surface area (Å²) in [6.45, 7) is 0.630. The highest BCUT2D eigenvalue weighted by molar-refractivity contribution is 5.77. The molecule has 1 aromatic heterocycles. The quantitative estimate of drug-likeness (QED) is 0.842. The molecule has 1 aromatic rings.